The molecule has 0 radical (unpaired) electrons. The molecular formula is C21H22N4O2. The highest BCUT2D eigenvalue weighted by molar-refractivity contribution is 6.04. The van der Waals surface area contributed by atoms with Crippen LogP contribution in [-0.2, 0) is 6.54 Å². The van der Waals surface area contributed by atoms with Gasteiger partial charge < -0.3 is 20.0 Å². The highest BCUT2D eigenvalue weighted by Crippen LogP contribution is 2.22. The molecule has 138 valence electrons. The predicted octanol–water partition coefficient (Wildman–Crippen LogP) is 4.14. The van der Waals surface area contributed by atoms with Gasteiger partial charge in [0, 0.05) is 36.9 Å². The molecule has 1 aliphatic heterocycles. The Labute approximate surface area is 158 Å². The number of nitrogens with zero attached hydrogens (tertiary/aromatic N) is 2. The fraction of sp³-hybridized carbons (Fsp3) is 0.238. The molecule has 3 aromatic rings. The lowest BCUT2D eigenvalue weighted by molar-refractivity contribution is 0.102. The van der Waals surface area contributed by atoms with E-state index in [1.54, 1.807) is 24.7 Å². The molecule has 1 amide bonds. The van der Waals surface area contributed by atoms with E-state index in [2.05, 4.69) is 32.7 Å². The minimum absolute atomic E-state index is 0.182. The molecule has 0 saturated carbocycles. The van der Waals surface area contributed by atoms with Gasteiger partial charge in [0.1, 0.15) is 5.76 Å². The number of pyridine rings is 1. The Bertz CT molecular complexity index is 885. The summed E-state index contributed by atoms with van der Waals surface area (Å²) < 4.78 is 5.29. The van der Waals surface area contributed by atoms with Crippen LogP contribution >= 0.6 is 0 Å². The molecule has 0 unspecified atom stereocenters. The predicted molar refractivity (Wildman–Crippen MR) is 106 cm³/mol. The third-order valence-electron chi connectivity index (χ3n) is 4.64. The Morgan fingerprint density at radius 2 is 1.89 bits per heavy atom. The normalized spacial score (nSPS) is 13.6. The summed E-state index contributed by atoms with van der Waals surface area (Å²) in [6.45, 7) is 2.75. The van der Waals surface area contributed by atoms with Crippen LogP contribution in [0.5, 0.6) is 0 Å². The van der Waals surface area contributed by atoms with Crippen molar-refractivity contribution in [3.05, 3.63) is 72.4 Å². The van der Waals surface area contributed by atoms with Gasteiger partial charge in [0.15, 0.2) is 0 Å². The van der Waals surface area contributed by atoms with Crippen LogP contribution in [0.2, 0.25) is 0 Å². The van der Waals surface area contributed by atoms with Crippen LogP contribution < -0.4 is 15.5 Å². The van der Waals surface area contributed by atoms with Crippen molar-refractivity contribution in [2.45, 2.75) is 19.4 Å². The zero-order valence-electron chi connectivity index (χ0n) is 15.0. The average molecular weight is 362 g/mol. The first-order valence-electron chi connectivity index (χ1n) is 9.15. The summed E-state index contributed by atoms with van der Waals surface area (Å²) >= 11 is 0. The van der Waals surface area contributed by atoms with E-state index in [4.69, 9.17) is 4.42 Å². The van der Waals surface area contributed by atoms with E-state index < -0.39 is 0 Å². The number of carbonyl (C=O) groups excluding carboxylic acids is 1. The summed E-state index contributed by atoms with van der Waals surface area (Å²) in [7, 11) is 0. The van der Waals surface area contributed by atoms with E-state index in [-0.39, 0.29) is 5.91 Å². The van der Waals surface area contributed by atoms with Crippen molar-refractivity contribution in [1.82, 2.24) is 4.98 Å². The molecule has 1 fully saturated rings. The lowest BCUT2D eigenvalue weighted by Gasteiger charge is -2.17. The molecule has 27 heavy (non-hydrogen) atoms. The second kappa shape index (κ2) is 7.95. The summed E-state index contributed by atoms with van der Waals surface area (Å²) in [4.78, 5) is 19.1. The molecule has 0 bridgehead atoms. The van der Waals surface area contributed by atoms with E-state index in [0.717, 1.165) is 30.2 Å². The summed E-state index contributed by atoms with van der Waals surface area (Å²) in [6, 6.07) is 13.5. The number of amides is 1. The maximum Gasteiger partial charge on any atom is 0.257 e. The van der Waals surface area contributed by atoms with E-state index >= 15 is 0 Å². The fourth-order valence-electron chi connectivity index (χ4n) is 3.20. The summed E-state index contributed by atoms with van der Waals surface area (Å²) in [5, 5.41) is 6.13. The first-order chi connectivity index (χ1) is 13.3. The summed E-state index contributed by atoms with van der Waals surface area (Å²) in [6.07, 6.45) is 7.37. The highest BCUT2D eigenvalue weighted by Gasteiger charge is 2.12. The Morgan fingerprint density at radius 3 is 2.63 bits per heavy atom. The van der Waals surface area contributed by atoms with Gasteiger partial charge in [-0.05, 0) is 55.3 Å². The van der Waals surface area contributed by atoms with Crippen LogP contribution in [-0.4, -0.2) is 24.0 Å². The minimum Gasteiger partial charge on any atom is -0.467 e. The fourth-order valence-corrected chi connectivity index (χ4v) is 3.20. The minimum atomic E-state index is -0.182. The van der Waals surface area contributed by atoms with E-state index in [1.165, 1.54) is 18.5 Å². The van der Waals surface area contributed by atoms with Gasteiger partial charge in [-0.1, -0.05) is 0 Å². The lowest BCUT2D eigenvalue weighted by Crippen LogP contribution is -2.17. The smallest absolute Gasteiger partial charge is 0.257 e. The monoisotopic (exact) mass is 362 g/mol. The van der Waals surface area contributed by atoms with E-state index in [1.807, 2.05) is 24.3 Å². The number of benzene rings is 1. The van der Waals surface area contributed by atoms with Crippen LogP contribution in [0, 0.1) is 0 Å². The van der Waals surface area contributed by atoms with Crippen LogP contribution in [0.1, 0.15) is 29.0 Å². The standard InChI is InChI=1S/C21H22N4O2/c26-21(24-17-5-7-19(8-6-17)25-9-1-2-10-25)16-12-18(14-22-13-16)23-15-20-4-3-11-27-20/h3-8,11-14,23H,1-2,9-10,15H2,(H,24,26). The Balaban J connectivity index is 1.38. The number of aromatic nitrogens is 1. The van der Waals surface area contributed by atoms with Gasteiger partial charge >= 0.3 is 0 Å². The van der Waals surface area contributed by atoms with Gasteiger partial charge in [0.05, 0.1) is 24.1 Å². The Hall–Kier alpha value is -3.28. The lowest BCUT2D eigenvalue weighted by atomic mass is 10.2. The maximum absolute atomic E-state index is 12.5. The van der Waals surface area contributed by atoms with Crippen molar-refractivity contribution in [3.8, 4) is 0 Å². The quantitative estimate of drug-likeness (QED) is 0.690. The second-order valence-electron chi connectivity index (χ2n) is 6.59. The number of hydrogen-bond donors (Lipinski definition) is 2. The molecule has 0 atom stereocenters. The van der Waals surface area contributed by atoms with Crippen molar-refractivity contribution in [2.24, 2.45) is 0 Å². The zero-order chi connectivity index (χ0) is 18.5. The first-order valence-corrected chi connectivity index (χ1v) is 9.15. The van der Waals surface area contributed by atoms with Crippen LogP contribution in [0.15, 0.2) is 65.5 Å². The molecule has 1 saturated heterocycles. The second-order valence-corrected chi connectivity index (χ2v) is 6.59. The molecule has 6 nitrogen and oxygen atoms in total. The first kappa shape index (κ1) is 17.1. The van der Waals surface area contributed by atoms with E-state index in [9.17, 15) is 4.79 Å². The third kappa shape index (κ3) is 4.28. The van der Waals surface area contributed by atoms with Gasteiger partial charge in [-0.2, -0.15) is 0 Å². The summed E-state index contributed by atoms with van der Waals surface area (Å²) in [5.41, 5.74) is 3.25. The number of nitrogens with one attached hydrogen (secondary N) is 2. The average Bonchev–Trinajstić information content (AvgIpc) is 3.41. The maximum atomic E-state index is 12.5. The van der Waals surface area contributed by atoms with Gasteiger partial charge in [-0.15, -0.1) is 0 Å². The molecule has 6 heteroatoms. The topological polar surface area (TPSA) is 70.4 Å². The Kier molecular flexibility index (Phi) is 5.05. The zero-order valence-corrected chi connectivity index (χ0v) is 15.0. The molecule has 3 heterocycles. The largest absolute Gasteiger partial charge is 0.467 e. The van der Waals surface area contributed by atoms with Gasteiger partial charge in [0.25, 0.3) is 5.91 Å². The number of anilines is 3. The molecule has 4 rings (SSSR count). The molecule has 1 aliphatic rings. The van der Waals surface area contributed by atoms with Gasteiger partial charge in [-0.25, -0.2) is 0 Å². The van der Waals surface area contributed by atoms with Crippen molar-refractivity contribution >= 4 is 23.0 Å². The SMILES string of the molecule is O=C(Nc1ccc(N2CCCC2)cc1)c1cncc(NCc2ccco2)c1. The van der Waals surface area contributed by atoms with Gasteiger partial charge in [-0.3, -0.25) is 9.78 Å². The molecule has 0 spiro atoms. The van der Waals surface area contributed by atoms with Crippen LogP contribution in [0.3, 0.4) is 0 Å². The number of furan rings is 1. The molecule has 2 N–H and O–H groups in total. The van der Waals surface area contributed by atoms with Gasteiger partial charge in [0.2, 0.25) is 0 Å². The summed E-state index contributed by atoms with van der Waals surface area (Å²) in [5.74, 6) is 0.640. The Morgan fingerprint density at radius 1 is 1.07 bits per heavy atom. The number of carbonyl (C=O) groups is 1. The molecule has 0 aliphatic carbocycles. The number of rotatable bonds is 6. The van der Waals surface area contributed by atoms with E-state index in [0.29, 0.717) is 12.1 Å². The van der Waals surface area contributed by atoms with Crippen LogP contribution in [0.4, 0.5) is 17.1 Å². The van der Waals surface area contributed by atoms with Crippen molar-refractivity contribution in [2.75, 3.05) is 28.6 Å². The third-order valence-corrected chi connectivity index (χ3v) is 4.64. The van der Waals surface area contributed by atoms with Crippen molar-refractivity contribution in [3.63, 3.8) is 0 Å². The van der Waals surface area contributed by atoms with Crippen LogP contribution in [0.25, 0.3) is 0 Å². The molecular weight excluding hydrogens is 340 g/mol. The number of hydrogen-bond acceptors (Lipinski definition) is 5. The van der Waals surface area contributed by atoms with Crippen molar-refractivity contribution in [1.29, 1.82) is 0 Å². The van der Waals surface area contributed by atoms with Crippen molar-refractivity contribution < 1.29 is 9.21 Å². The molecule has 1 aromatic carbocycles. The molecule has 2 aromatic heterocycles. The highest BCUT2D eigenvalue weighted by atomic mass is 16.3.